The predicted octanol–water partition coefficient (Wildman–Crippen LogP) is 3.84. The van der Waals surface area contributed by atoms with E-state index in [0.29, 0.717) is 22.7 Å². The van der Waals surface area contributed by atoms with Crippen LogP contribution in [0.5, 0.6) is 17.2 Å². The summed E-state index contributed by atoms with van der Waals surface area (Å²) in [5.41, 5.74) is 0.895. The summed E-state index contributed by atoms with van der Waals surface area (Å²) in [5, 5.41) is 2.78. The Morgan fingerprint density at radius 2 is 1.94 bits per heavy atom. The molecule has 0 spiro atoms. The van der Waals surface area contributed by atoms with E-state index in [2.05, 4.69) is 10.3 Å². The molecule has 2 heterocycles. The topological polar surface area (TPSA) is 100 Å². The third kappa shape index (κ3) is 4.65. The lowest BCUT2D eigenvalue weighted by Gasteiger charge is -2.16. The molecule has 2 aliphatic rings. The predicted molar refractivity (Wildman–Crippen MR) is 123 cm³/mol. The number of fused-ring (bicyclic) bond motifs is 1. The molecular formula is C25H25F2N3O6. The van der Waals surface area contributed by atoms with E-state index in [1.165, 1.54) is 20.3 Å². The maximum Gasteiger partial charge on any atom is 0.387 e. The number of alkyl halides is 2. The Balaban J connectivity index is 1.45. The number of rotatable bonds is 10. The number of aromatic nitrogens is 2. The zero-order valence-electron chi connectivity index (χ0n) is 19.8. The van der Waals surface area contributed by atoms with E-state index in [1.807, 2.05) is 0 Å². The monoisotopic (exact) mass is 501 g/mol. The number of methoxy groups -OCH3 is 2. The zero-order chi connectivity index (χ0) is 25.4. The quantitative estimate of drug-likeness (QED) is 0.422. The number of carbonyl (C=O) groups is 2. The molecule has 2 saturated carbocycles. The van der Waals surface area contributed by atoms with E-state index in [-0.39, 0.29) is 35.7 Å². The summed E-state index contributed by atoms with van der Waals surface area (Å²) < 4.78 is 49.0. The zero-order valence-corrected chi connectivity index (χ0v) is 19.8. The van der Waals surface area contributed by atoms with E-state index < -0.39 is 17.9 Å². The van der Waals surface area contributed by atoms with E-state index in [4.69, 9.17) is 18.9 Å². The summed E-state index contributed by atoms with van der Waals surface area (Å²) in [6.07, 6.45) is 6.41. The molecule has 1 amide bonds. The number of pyridine rings is 1. The highest BCUT2D eigenvalue weighted by molar-refractivity contribution is 6.01. The van der Waals surface area contributed by atoms with E-state index >= 15 is 0 Å². The van der Waals surface area contributed by atoms with Gasteiger partial charge in [0.15, 0.2) is 0 Å². The highest BCUT2D eigenvalue weighted by Gasteiger charge is 2.52. The first-order valence-electron chi connectivity index (χ1n) is 11.5. The molecule has 5 rings (SSSR count). The number of amides is 1. The molecule has 0 aliphatic heterocycles. The van der Waals surface area contributed by atoms with Crippen LogP contribution in [0.2, 0.25) is 0 Å². The van der Waals surface area contributed by atoms with Gasteiger partial charge in [-0.2, -0.15) is 8.78 Å². The first-order valence-corrected chi connectivity index (χ1v) is 11.5. The molecule has 1 N–H and O–H groups in total. The van der Waals surface area contributed by atoms with Crippen LogP contribution >= 0.6 is 0 Å². The number of imidazole rings is 1. The van der Waals surface area contributed by atoms with Crippen molar-refractivity contribution in [2.75, 3.05) is 20.8 Å². The molecule has 1 aromatic carbocycles. The standard InChI is InChI=1S/C25H25F2N3O6/c1-33-18-9-14(10-19(36-24(26)27)21(18)22(31)29-15-3-4-15)17-12-28-20-11-16(5-8-30(17)20)35-13-25(6-7-25)23(32)34-2/h5,8-12,15,24H,3-4,6-7,13H2,1-2H3,(H,29,31). The van der Waals surface area contributed by atoms with Crippen LogP contribution in [0.1, 0.15) is 36.0 Å². The Morgan fingerprint density at radius 3 is 2.58 bits per heavy atom. The van der Waals surface area contributed by atoms with Crippen LogP contribution in [-0.2, 0) is 9.53 Å². The first kappa shape index (κ1) is 23.8. The van der Waals surface area contributed by atoms with Gasteiger partial charge in [0.25, 0.3) is 5.91 Å². The Kier molecular flexibility index (Phi) is 6.15. The average molecular weight is 501 g/mol. The molecule has 11 heteroatoms. The Labute approximate surface area is 205 Å². The molecule has 0 atom stereocenters. The van der Waals surface area contributed by atoms with Gasteiger partial charge >= 0.3 is 12.6 Å². The van der Waals surface area contributed by atoms with E-state index in [0.717, 1.165) is 25.7 Å². The van der Waals surface area contributed by atoms with Crippen molar-refractivity contribution in [1.82, 2.24) is 14.7 Å². The van der Waals surface area contributed by atoms with Crippen molar-refractivity contribution >= 4 is 17.5 Å². The van der Waals surface area contributed by atoms with Crippen molar-refractivity contribution in [2.24, 2.45) is 5.41 Å². The Hall–Kier alpha value is -3.89. The summed E-state index contributed by atoms with van der Waals surface area (Å²) in [6, 6.07) is 6.41. The SMILES string of the molecule is COC(=O)C1(COc2ccn3c(-c4cc(OC)c(C(=O)NC5CC5)c(OC(F)F)c4)cnc3c2)CC1. The Bertz CT molecular complexity index is 1320. The van der Waals surface area contributed by atoms with Crippen molar-refractivity contribution in [3.63, 3.8) is 0 Å². The fraction of sp³-hybridized carbons (Fsp3) is 0.400. The summed E-state index contributed by atoms with van der Waals surface area (Å²) in [4.78, 5) is 29.1. The molecule has 0 unspecified atom stereocenters. The number of nitrogens with zero attached hydrogens (tertiary/aromatic N) is 2. The summed E-state index contributed by atoms with van der Waals surface area (Å²) in [6.45, 7) is -2.92. The second-order valence-corrected chi connectivity index (χ2v) is 8.97. The van der Waals surface area contributed by atoms with Gasteiger partial charge in [0.2, 0.25) is 0 Å². The third-order valence-corrected chi connectivity index (χ3v) is 6.41. The number of esters is 1. The van der Waals surface area contributed by atoms with Gasteiger partial charge < -0.3 is 24.3 Å². The molecule has 36 heavy (non-hydrogen) atoms. The van der Waals surface area contributed by atoms with Crippen molar-refractivity contribution in [3.8, 4) is 28.5 Å². The minimum absolute atomic E-state index is 0.0267. The van der Waals surface area contributed by atoms with Gasteiger partial charge in [-0.05, 0) is 43.9 Å². The summed E-state index contributed by atoms with van der Waals surface area (Å²) in [7, 11) is 2.72. The van der Waals surface area contributed by atoms with Gasteiger partial charge in [-0.1, -0.05) is 0 Å². The smallest absolute Gasteiger partial charge is 0.387 e. The van der Waals surface area contributed by atoms with Crippen LogP contribution in [0.25, 0.3) is 16.9 Å². The van der Waals surface area contributed by atoms with Gasteiger partial charge in [0.05, 0.1) is 26.1 Å². The van der Waals surface area contributed by atoms with Crippen LogP contribution in [0, 0.1) is 5.41 Å². The number of nitrogens with one attached hydrogen (secondary N) is 1. The molecule has 2 aromatic heterocycles. The lowest BCUT2D eigenvalue weighted by atomic mass is 10.1. The van der Waals surface area contributed by atoms with Crippen molar-refractivity contribution in [2.45, 2.75) is 38.3 Å². The molecule has 2 fully saturated rings. The van der Waals surface area contributed by atoms with Gasteiger partial charge in [-0.25, -0.2) is 4.98 Å². The van der Waals surface area contributed by atoms with Gasteiger partial charge in [-0.3, -0.25) is 14.0 Å². The number of hydrogen-bond donors (Lipinski definition) is 1. The number of hydrogen-bond acceptors (Lipinski definition) is 7. The average Bonchev–Trinajstić information content (AvgIpc) is 3.79. The summed E-state index contributed by atoms with van der Waals surface area (Å²) >= 11 is 0. The molecular weight excluding hydrogens is 476 g/mol. The molecule has 2 aliphatic carbocycles. The van der Waals surface area contributed by atoms with Crippen LogP contribution in [-0.4, -0.2) is 54.7 Å². The minimum Gasteiger partial charge on any atom is -0.496 e. The molecule has 0 saturated heterocycles. The minimum atomic E-state index is -3.13. The van der Waals surface area contributed by atoms with Gasteiger partial charge in [0, 0.05) is 23.9 Å². The van der Waals surface area contributed by atoms with Gasteiger partial charge in [-0.15, -0.1) is 0 Å². The number of halogens is 2. The molecule has 9 nitrogen and oxygen atoms in total. The molecule has 190 valence electrons. The fourth-order valence-electron chi connectivity index (χ4n) is 4.06. The molecule has 0 bridgehead atoms. The van der Waals surface area contributed by atoms with E-state index in [1.54, 1.807) is 35.0 Å². The maximum atomic E-state index is 13.2. The first-order chi connectivity index (χ1) is 17.3. The second kappa shape index (κ2) is 9.29. The number of benzene rings is 1. The van der Waals surface area contributed by atoms with Crippen molar-refractivity contribution in [3.05, 3.63) is 42.2 Å². The molecule has 3 aromatic rings. The lowest BCUT2D eigenvalue weighted by molar-refractivity contribution is -0.148. The largest absolute Gasteiger partial charge is 0.496 e. The second-order valence-electron chi connectivity index (χ2n) is 8.97. The lowest BCUT2D eigenvalue weighted by Crippen LogP contribution is -2.26. The maximum absolute atomic E-state index is 13.2. The van der Waals surface area contributed by atoms with Gasteiger partial charge in [0.1, 0.15) is 40.5 Å². The Morgan fingerprint density at radius 1 is 1.19 bits per heavy atom. The van der Waals surface area contributed by atoms with Crippen LogP contribution in [0.3, 0.4) is 0 Å². The van der Waals surface area contributed by atoms with E-state index in [9.17, 15) is 18.4 Å². The number of carbonyl (C=O) groups excluding carboxylic acids is 2. The van der Waals surface area contributed by atoms with Crippen molar-refractivity contribution in [1.29, 1.82) is 0 Å². The highest BCUT2D eigenvalue weighted by Crippen LogP contribution is 2.47. The van der Waals surface area contributed by atoms with Crippen LogP contribution < -0.4 is 19.5 Å². The summed E-state index contributed by atoms with van der Waals surface area (Å²) in [5.74, 6) is -0.464. The van der Waals surface area contributed by atoms with Crippen LogP contribution in [0.4, 0.5) is 8.78 Å². The van der Waals surface area contributed by atoms with Crippen molar-refractivity contribution < 1.29 is 37.3 Å². The third-order valence-electron chi connectivity index (χ3n) is 6.41. The molecule has 0 radical (unpaired) electrons. The number of ether oxygens (including phenoxy) is 4. The van der Waals surface area contributed by atoms with Crippen LogP contribution in [0.15, 0.2) is 36.7 Å². The highest BCUT2D eigenvalue weighted by atomic mass is 19.3. The fourth-order valence-corrected chi connectivity index (χ4v) is 4.06. The normalized spacial score (nSPS) is 16.0.